The van der Waals surface area contributed by atoms with Crippen LogP contribution in [0.25, 0.3) is 4.85 Å². The van der Waals surface area contributed by atoms with Gasteiger partial charge in [0, 0.05) is 18.7 Å². The minimum Gasteiger partial charge on any atom is -0.497 e. The number of rotatable bonds is 20. The molecule has 9 heteroatoms. The van der Waals surface area contributed by atoms with Crippen molar-refractivity contribution in [2.24, 2.45) is 0 Å². The van der Waals surface area contributed by atoms with Crippen LogP contribution in [0.2, 0.25) is 0 Å². The summed E-state index contributed by atoms with van der Waals surface area (Å²) in [6.45, 7) is 19.5. The minimum absolute atomic E-state index is 0.200. The molecule has 8 nitrogen and oxygen atoms in total. The largest absolute Gasteiger partial charge is 0.497 e. The van der Waals surface area contributed by atoms with Crippen molar-refractivity contribution >= 4 is 8.53 Å². The lowest BCUT2D eigenvalue weighted by Gasteiger charge is -2.38. The molecule has 3 aromatic rings. The Bertz CT molecular complexity index is 1230. The molecule has 0 aliphatic carbocycles. The summed E-state index contributed by atoms with van der Waals surface area (Å²) in [4.78, 5) is 3.46. The average molecular weight is 637 g/mol. The molecule has 45 heavy (non-hydrogen) atoms. The predicted molar refractivity (Wildman–Crippen MR) is 181 cm³/mol. The van der Waals surface area contributed by atoms with E-state index in [0.29, 0.717) is 13.2 Å². The van der Waals surface area contributed by atoms with Crippen LogP contribution in [0.3, 0.4) is 0 Å². The van der Waals surface area contributed by atoms with E-state index in [1.807, 2.05) is 66.7 Å². The molecule has 0 aliphatic rings. The first kappa shape index (κ1) is 36.4. The molecule has 2 unspecified atom stereocenters. The Labute approximate surface area is 271 Å². The summed E-state index contributed by atoms with van der Waals surface area (Å²) in [6, 6.07) is 26.6. The van der Waals surface area contributed by atoms with Crippen molar-refractivity contribution in [3.63, 3.8) is 0 Å². The van der Waals surface area contributed by atoms with E-state index in [1.54, 1.807) is 14.2 Å². The lowest BCUT2D eigenvalue weighted by Crippen LogP contribution is -2.38. The van der Waals surface area contributed by atoms with Crippen LogP contribution < -0.4 is 9.47 Å². The zero-order valence-corrected chi connectivity index (χ0v) is 28.7. The van der Waals surface area contributed by atoms with E-state index in [0.717, 1.165) is 34.6 Å². The summed E-state index contributed by atoms with van der Waals surface area (Å²) in [6.07, 6.45) is 0.484. The van der Waals surface area contributed by atoms with E-state index < -0.39 is 14.1 Å². The molecule has 3 aromatic carbocycles. The summed E-state index contributed by atoms with van der Waals surface area (Å²) in [5.41, 5.74) is 1.91. The van der Waals surface area contributed by atoms with Crippen molar-refractivity contribution < 1.29 is 28.0 Å². The summed E-state index contributed by atoms with van der Waals surface area (Å²) in [5, 5.41) is 0. The van der Waals surface area contributed by atoms with Crippen LogP contribution in [0.5, 0.6) is 11.5 Å². The zero-order valence-electron chi connectivity index (χ0n) is 27.8. The van der Waals surface area contributed by atoms with Crippen LogP contribution in [-0.4, -0.2) is 70.0 Å². The fraction of sp³-hybridized carbons (Fsp3) is 0.472. The van der Waals surface area contributed by atoms with Gasteiger partial charge < -0.3 is 32.8 Å². The van der Waals surface area contributed by atoms with Gasteiger partial charge in [-0.25, -0.2) is 11.2 Å². The van der Waals surface area contributed by atoms with Gasteiger partial charge in [0.05, 0.1) is 27.4 Å². The predicted octanol–water partition coefficient (Wildman–Crippen LogP) is 8.11. The van der Waals surface area contributed by atoms with Gasteiger partial charge in [-0.2, -0.15) is 0 Å². The van der Waals surface area contributed by atoms with E-state index in [4.69, 9.17) is 34.6 Å². The van der Waals surface area contributed by atoms with Crippen molar-refractivity contribution in [2.75, 3.05) is 47.2 Å². The first-order chi connectivity index (χ1) is 21.8. The standard InChI is InChI=1S/C36H49N2O6P/c1-9-24-41-35(27-44-45(43-25-23-37-6)38(28(2)3)29(4)5)26-42-36(30-13-11-10-12-14-30,31-15-19-33(39-7)20-16-31)32-17-21-34(40-8)22-18-32/h10-22,28-29,35H,9,23-27H2,1-5,7-8H3. The van der Waals surface area contributed by atoms with E-state index >= 15 is 0 Å². The molecule has 0 saturated carbocycles. The Hall–Kier alpha value is -3.02. The number of nitrogens with zero attached hydrogens (tertiary/aromatic N) is 2. The third kappa shape index (κ3) is 9.98. The van der Waals surface area contributed by atoms with Crippen LogP contribution in [0, 0.1) is 6.57 Å². The highest BCUT2D eigenvalue weighted by Gasteiger charge is 2.39. The fourth-order valence-electron chi connectivity index (χ4n) is 5.18. The van der Waals surface area contributed by atoms with Crippen molar-refractivity contribution in [3.8, 4) is 11.5 Å². The van der Waals surface area contributed by atoms with Crippen LogP contribution in [0.4, 0.5) is 0 Å². The molecular weight excluding hydrogens is 587 g/mol. The van der Waals surface area contributed by atoms with Crippen LogP contribution in [-0.2, 0) is 24.1 Å². The van der Waals surface area contributed by atoms with Gasteiger partial charge in [-0.05, 0) is 75.1 Å². The van der Waals surface area contributed by atoms with Crippen molar-refractivity contribution in [3.05, 3.63) is 107 Å². The maximum absolute atomic E-state index is 7.19. The van der Waals surface area contributed by atoms with Gasteiger partial charge in [-0.15, -0.1) is 0 Å². The van der Waals surface area contributed by atoms with Gasteiger partial charge in [-0.3, -0.25) is 0 Å². The summed E-state index contributed by atoms with van der Waals surface area (Å²) >= 11 is 0. The number of hydrogen-bond acceptors (Lipinski definition) is 7. The second-order valence-corrected chi connectivity index (χ2v) is 12.6. The first-order valence-electron chi connectivity index (χ1n) is 15.6. The molecule has 244 valence electrons. The highest BCUT2D eigenvalue weighted by atomic mass is 31.2. The molecule has 3 rings (SSSR count). The fourth-order valence-corrected chi connectivity index (χ4v) is 6.80. The summed E-state index contributed by atoms with van der Waals surface area (Å²) < 4.78 is 39.3. The van der Waals surface area contributed by atoms with Crippen molar-refractivity contribution in [1.29, 1.82) is 0 Å². The highest BCUT2D eigenvalue weighted by molar-refractivity contribution is 7.44. The Balaban J connectivity index is 2.02. The van der Waals surface area contributed by atoms with E-state index in [2.05, 4.69) is 56.3 Å². The van der Waals surface area contributed by atoms with E-state index in [-0.39, 0.29) is 37.9 Å². The van der Waals surface area contributed by atoms with Crippen LogP contribution in [0.1, 0.15) is 57.7 Å². The number of hydrogen-bond donors (Lipinski definition) is 0. The Morgan fingerprint density at radius 3 is 1.73 bits per heavy atom. The lowest BCUT2D eigenvalue weighted by molar-refractivity contribution is -0.0785. The maximum atomic E-state index is 7.19. The molecule has 0 bridgehead atoms. The SMILES string of the molecule is [C-]#[N+]CCOP(OCC(COC(c1ccccc1)(c1ccc(OC)cc1)c1ccc(OC)cc1)OCCC)N(C(C)C)C(C)C. The van der Waals surface area contributed by atoms with Crippen LogP contribution in [0.15, 0.2) is 78.9 Å². The zero-order chi connectivity index (χ0) is 32.7. The third-order valence-corrected chi connectivity index (χ3v) is 9.31. The Kier molecular flexibility index (Phi) is 15.3. The quantitative estimate of drug-likeness (QED) is 0.0538. The Morgan fingerprint density at radius 2 is 1.27 bits per heavy atom. The Morgan fingerprint density at radius 1 is 0.733 bits per heavy atom. The molecule has 0 amide bonds. The topological polar surface area (TPSA) is 63.0 Å². The molecule has 2 atom stereocenters. The molecule has 0 radical (unpaired) electrons. The lowest BCUT2D eigenvalue weighted by atomic mass is 9.80. The second-order valence-electron chi connectivity index (χ2n) is 11.1. The first-order valence-corrected chi connectivity index (χ1v) is 16.7. The van der Waals surface area contributed by atoms with Gasteiger partial charge in [0.1, 0.15) is 29.8 Å². The number of methoxy groups -OCH3 is 2. The molecule has 0 saturated heterocycles. The maximum Gasteiger partial charge on any atom is 0.259 e. The van der Waals surface area contributed by atoms with E-state index in [1.165, 1.54) is 0 Å². The molecule has 0 spiro atoms. The van der Waals surface area contributed by atoms with Gasteiger partial charge in [0.25, 0.3) is 8.53 Å². The van der Waals surface area contributed by atoms with Gasteiger partial charge in [0.2, 0.25) is 6.54 Å². The summed E-state index contributed by atoms with van der Waals surface area (Å²) in [7, 11) is 1.91. The molecule has 0 aliphatic heterocycles. The van der Waals surface area contributed by atoms with Crippen LogP contribution >= 0.6 is 8.53 Å². The number of benzene rings is 3. The second kappa shape index (κ2) is 18.8. The molecule has 0 heterocycles. The average Bonchev–Trinajstić information content (AvgIpc) is 3.06. The smallest absolute Gasteiger partial charge is 0.259 e. The normalized spacial score (nSPS) is 13.2. The van der Waals surface area contributed by atoms with Gasteiger partial charge >= 0.3 is 0 Å². The van der Waals surface area contributed by atoms with Gasteiger partial charge in [0.15, 0.2) is 0 Å². The molecule has 0 N–H and O–H groups in total. The van der Waals surface area contributed by atoms with Crippen molar-refractivity contribution in [1.82, 2.24) is 4.67 Å². The molecule has 0 aromatic heterocycles. The molecule has 0 fully saturated rings. The van der Waals surface area contributed by atoms with Gasteiger partial charge in [-0.1, -0.05) is 61.5 Å². The number of ether oxygens (including phenoxy) is 4. The monoisotopic (exact) mass is 636 g/mol. The molecular formula is C36H49N2O6P. The van der Waals surface area contributed by atoms with E-state index in [9.17, 15) is 0 Å². The highest BCUT2D eigenvalue weighted by Crippen LogP contribution is 2.46. The van der Waals surface area contributed by atoms with Crippen molar-refractivity contribution in [2.45, 2.75) is 64.8 Å². The third-order valence-electron chi connectivity index (χ3n) is 7.24. The summed E-state index contributed by atoms with van der Waals surface area (Å²) in [5.74, 6) is 1.53. The minimum atomic E-state index is -1.42.